The second-order valence-corrected chi connectivity index (χ2v) is 10.4. The molecular formula is C21H25F3N4O4S. The molecule has 0 bridgehead atoms. The van der Waals surface area contributed by atoms with Gasteiger partial charge in [-0.05, 0) is 37.3 Å². The Kier molecular flexibility index (Phi) is 7.45. The molecule has 1 aromatic heterocycles. The van der Waals surface area contributed by atoms with Crippen LogP contribution in [0.4, 0.5) is 19.0 Å². The molecule has 1 saturated heterocycles. The lowest BCUT2D eigenvalue weighted by molar-refractivity contribution is -0.141. The summed E-state index contributed by atoms with van der Waals surface area (Å²) in [7, 11) is -3.22. The molecule has 1 aliphatic heterocycles. The van der Waals surface area contributed by atoms with E-state index in [-0.39, 0.29) is 18.3 Å². The summed E-state index contributed by atoms with van der Waals surface area (Å²) in [6.45, 7) is 4.66. The standard InChI is InChI=1S/C21H25F3N4O4S/c1-3-33(30,31)15(2)14-32-17-6-4-5-16(13-17)20(29)28-11-9-27(10-12-28)19-8-7-18(25-26-19)21(22,23)24/h4-8,13,15H,3,9-12,14H2,1-2H3. The number of piperazine rings is 1. The number of halogens is 3. The zero-order valence-corrected chi connectivity index (χ0v) is 19.1. The minimum Gasteiger partial charge on any atom is -0.492 e. The Labute approximate surface area is 190 Å². The van der Waals surface area contributed by atoms with Crippen LogP contribution in [0.25, 0.3) is 0 Å². The van der Waals surface area contributed by atoms with Gasteiger partial charge < -0.3 is 14.5 Å². The maximum absolute atomic E-state index is 12.9. The highest BCUT2D eigenvalue weighted by Gasteiger charge is 2.33. The van der Waals surface area contributed by atoms with Gasteiger partial charge in [-0.1, -0.05) is 13.0 Å². The molecule has 0 saturated carbocycles. The minimum absolute atomic E-state index is 0.0132. The van der Waals surface area contributed by atoms with Gasteiger partial charge >= 0.3 is 6.18 Å². The number of carbonyl (C=O) groups is 1. The summed E-state index contributed by atoms with van der Waals surface area (Å²) in [6.07, 6.45) is -4.54. The molecule has 3 rings (SSSR count). The highest BCUT2D eigenvalue weighted by Crippen LogP contribution is 2.27. The van der Waals surface area contributed by atoms with Gasteiger partial charge in [0.25, 0.3) is 5.91 Å². The first-order valence-corrected chi connectivity index (χ1v) is 12.1. The molecule has 0 spiro atoms. The van der Waals surface area contributed by atoms with Crippen LogP contribution in [0.3, 0.4) is 0 Å². The Morgan fingerprint density at radius 2 is 1.82 bits per heavy atom. The van der Waals surface area contributed by atoms with Crippen molar-refractivity contribution in [1.29, 1.82) is 0 Å². The molecule has 2 heterocycles. The minimum atomic E-state index is -4.54. The summed E-state index contributed by atoms with van der Waals surface area (Å²) in [6, 6.07) is 8.70. The van der Waals surface area contributed by atoms with Crippen molar-refractivity contribution in [2.75, 3.05) is 43.4 Å². The number of nitrogens with zero attached hydrogens (tertiary/aromatic N) is 4. The Balaban J connectivity index is 1.58. The van der Waals surface area contributed by atoms with Gasteiger partial charge in [0.15, 0.2) is 21.3 Å². The number of carbonyl (C=O) groups excluding carboxylic acids is 1. The number of sulfone groups is 1. The quantitative estimate of drug-likeness (QED) is 0.594. The molecule has 33 heavy (non-hydrogen) atoms. The number of aromatic nitrogens is 2. The van der Waals surface area contributed by atoms with Crippen LogP contribution >= 0.6 is 0 Å². The van der Waals surface area contributed by atoms with Gasteiger partial charge in [-0.25, -0.2) is 8.42 Å². The molecule has 180 valence electrons. The van der Waals surface area contributed by atoms with E-state index in [9.17, 15) is 26.4 Å². The fourth-order valence-corrected chi connectivity index (χ4v) is 4.13. The van der Waals surface area contributed by atoms with E-state index >= 15 is 0 Å². The smallest absolute Gasteiger partial charge is 0.435 e. The normalized spacial score (nSPS) is 15.9. The molecule has 1 aromatic carbocycles. The summed E-state index contributed by atoms with van der Waals surface area (Å²) in [5, 5.41) is 6.23. The van der Waals surface area contributed by atoms with Crippen molar-refractivity contribution in [2.24, 2.45) is 0 Å². The molecule has 1 amide bonds. The molecule has 1 atom stereocenters. The molecule has 1 fully saturated rings. The summed E-state index contributed by atoms with van der Waals surface area (Å²) in [5.74, 6) is 0.534. The van der Waals surface area contributed by atoms with Gasteiger partial charge in [-0.2, -0.15) is 13.2 Å². The second-order valence-electron chi connectivity index (χ2n) is 7.65. The van der Waals surface area contributed by atoms with Gasteiger partial charge in [0.1, 0.15) is 12.4 Å². The van der Waals surface area contributed by atoms with Gasteiger partial charge in [0.2, 0.25) is 0 Å². The summed E-state index contributed by atoms with van der Waals surface area (Å²) >= 11 is 0. The number of hydrogen-bond acceptors (Lipinski definition) is 7. The van der Waals surface area contributed by atoms with E-state index in [2.05, 4.69) is 10.2 Å². The molecule has 8 nitrogen and oxygen atoms in total. The lowest BCUT2D eigenvalue weighted by Crippen LogP contribution is -2.49. The number of alkyl halides is 3. The van der Waals surface area contributed by atoms with Crippen LogP contribution in [0.15, 0.2) is 36.4 Å². The lowest BCUT2D eigenvalue weighted by atomic mass is 10.1. The van der Waals surface area contributed by atoms with E-state index in [1.807, 2.05) is 0 Å². The first kappa shape index (κ1) is 24.7. The highest BCUT2D eigenvalue weighted by atomic mass is 32.2. The summed E-state index contributed by atoms with van der Waals surface area (Å²) < 4.78 is 67.3. The molecular weight excluding hydrogens is 461 g/mol. The Morgan fingerprint density at radius 3 is 2.39 bits per heavy atom. The van der Waals surface area contributed by atoms with Crippen LogP contribution in [0.5, 0.6) is 5.75 Å². The van der Waals surface area contributed by atoms with Gasteiger partial charge in [0, 0.05) is 37.5 Å². The highest BCUT2D eigenvalue weighted by molar-refractivity contribution is 7.92. The number of amides is 1. The van der Waals surface area contributed by atoms with E-state index in [4.69, 9.17) is 4.74 Å². The zero-order chi connectivity index (χ0) is 24.2. The van der Waals surface area contributed by atoms with Crippen LogP contribution in [0.1, 0.15) is 29.9 Å². The maximum atomic E-state index is 12.9. The molecule has 12 heteroatoms. The first-order chi connectivity index (χ1) is 15.5. The van der Waals surface area contributed by atoms with Crippen LogP contribution in [0.2, 0.25) is 0 Å². The third-order valence-corrected chi connectivity index (χ3v) is 7.58. The van der Waals surface area contributed by atoms with Gasteiger partial charge in [-0.15, -0.1) is 10.2 Å². The maximum Gasteiger partial charge on any atom is 0.435 e. The van der Waals surface area contributed by atoms with E-state index in [1.54, 1.807) is 47.9 Å². The van der Waals surface area contributed by atoms with Crippen molar-refractivity contribution in [3.63, 3.8) is 0 Å². The fourth-order valence-electron chi connectivity index (χ4n) is 3.29. The third-order valence-electron chi connectivity index (χ3n) is 5.41. The number of rotatable bonds is 7. The van der Waals surface area contributed by atoms with Gasteiger partial charge in [-0.3, -0.25) is 4.79 Å². The van der Waals surface area contributed by atoms with Crippen molar-refractivity contribution in [2.45, 2.75) is 25.3 Å². The van der Waals surface area contributed by atoms with Crippen LogP contribution in [-0.4, -0.2) is 73.2 Å². The molecule has 1 aliphatic rings. The zero-order valence-electron chi connectivity index (χ0n) is 18.2. The second kappa shape index (κ2) is 9.94. The number of anilines is 1. The van der Waals surface area contributed by atoms with Crippen LogP contribution in [0, 0.1) is 0 Å². The molecule has 2 aromatic rings. The average Bonchev–Trinajstić information content (AvgIpc) is 2.82. The fraction of sp³-hybridized carbons (Fsp3) is 0.476. The molecule has 0 aliphatic carbocycles. The van der Waals surface area contributed by atoms with Crippen molar-refractivity contribution < 1.29 is 31.1 Å². The van der Waals surface area contributed by atoms with E-state index in [0.29, 0.717) is 43.3 Å². The number of benzene rings is 1. The summed E-state index contributed by atoms with van der Waals surface area (Å²) in [4.78, 5) is 16.3. The van der Waals surface area contributed by atoms with Crippen molar-refractivity contribution in [1.82, 2.24) is 15.1 Å². The largest absolute Gasteiger partial charge is 0.492 e. The molecule has 1 unspecified atom stereocenters. The predicted octanol–water partition coefficient (Wildman–Crippen LogP) is 2.66. The summed E-state index contributed by atoms with van der Waals surface area (Å²) in [5.41, 5.74) is -0.648. The third kappa shape index (κ3) is 6.12. The van der Waals surface area contributed by atoms with Crippen LogP contribution < -0.4 is 9.64 Å². The van der Waals surface area contributed by atoms with E-state index in [0.717, 1.165) is 6.07 Å². The SMILES string of the molecule is CCS(=O)(=O)C(C)COc1cccc(C(=O)N2CCN(c3ccc(C(F)(F)F)nn3)CC2)c1. The van der Waals surface area contributed by atoms with Crippen molar-refractivity contribution >= 4 is 21.6 Å². The van der Waals surface area contributed by atoms with E-state index < -0.39 is 27.0 Å². The van der Waals surface area contributed by atoms with Crippen molar-refractivity contribution in [3.05, 3.63) is 47.7 Å². The Bertz CT molecular complexity index is 1070. The predicted molar refractivity (Wildman–Crippen MR) is 116 cm³/mol. The topological polar surface area (TPSA) is 92.7 Å². The first-order valence-electron chi connectivity index (χ1n) is 10.4. The average molecular weight is 487 g/mol. The number of hydrogen-bond donors (Lipinski definition) is 0. The van der Waals surface area contributed by atoms with Gasteiger partial charge in [0.05, 0.1) is 5.25 Å². The van der Waals surface area contributed by atoms with Crippen LogP contribution in [-0.2, 0) is 16.0 Å². The monoisotopic (exact) mass is 486 g/mol. The number of ether oxygens (including phenoxy) is 1. The Morgan fingerprint density at radius 1 is 1.12 bits per heavy atom. The van der Waals surface area contributed by atoms with E-state index in [1.165, 1.54) is 6.07 Å². The molecule has 0 N–H and O–H groups in total. The molecule has 0 radical (unpaired) electrons. The van der Waals surface area contributed by atoms with Crippen molar-refractivity contribution in [3.8, 4) is 5.75 Å². The lowest BCUT2D eigenvalue weighted by Gasteiger charge is -2.35. The Hall–Kier alpha value is -2.89.